The molecule has 24 heavy (non-hydrogen) atoms. The number of unbranched alkanes of at least 4 members (excludes halogenated alkanes) is 3. The van der Waals surface area contributed by atoms with Crippen molar-refractivity contribution in [1.82, 2.24) is 9.55 Å². The molecule has 2 aromatic carbocycles. The lowest BCUT2D eigenvalue weighted by Gasteiger charge is -2.10. The molecule has 0 fully saturated rings. The van der Waals surface area contributed by atoms with E-state index < -0.39 is 0 Å². The molecule has 3 aromatic rings. The van der Waals surface area contributed by atoms with E-state index in [4.69, 9.17) is 10.7 Å². The van der Waals surface area contributed by atoms with Gasteiger partial charge in [-0.2, -0.15) is 0 Å². The van der Waals surface area contributed by atoms with Gasteiger partial charge >= 0.3 is 0 Å². The second kappa shape index (κ2) is 7.08. The fourth-order valence-corrected chi connectivity index (χ4v) is 3.20. The fraction of sp³-hybridized carbons (Fsp3) is 0.381. The monoisotopic (exact) mass is 321 g/mol. The number of hydrogen-bond donors (Lipinski definition) is 1. The van der Waals surface area contributed by atoms with Crippen molar-refractivity contribution in [2.24, 2.45) is 0 Å². The summed E-state index contributed by atoms with van der Waals surface area (Å²) in [6.45, 7) is 7.57. The molecule has 0 saturated heterocycles. The highest BCUT2D eigenvalue weighted by atomic mass is 15.1. The van der Waals surface area contributed by atoms with Gasteiger partial charge in [-0.15, -0.1) is 0 Å². The molecule has 0 spiro atoms. The Hall–Kier alpha value is -2.29. The van der Waals surface area contributed by atoms with Gasteiger partial charge in [0.05, 0.1) is 11.0 Å². The smallest absolute Gasteiger partial charge is 0.141 e. The Morgan fingerprint density at radius 3 is 2.54 bits per heavy atom. The SMILES string of the molecule is CCCCCCn1c(-c2cccc(N)c2)nc2cc(C)c(C)cc21. The molecule has 3 nitrogen and oxygen atoms in total. The van der Waals surface area contributed by atoms with Crippen LogP contribution in [0.3, 0.4) is 0 Å². The van der Waals surface area contributed by atoms with E-state index in [2.05, 4.69) is 43.5 Å². The van der Waals surface area contributed by atoms with Gasteiger partial charge in [-0.3, -0.25) is 0 Å². The number of anilines is 1. The van der Waals surface area contributed by atoms with Crippen molar-refractivity contribution in [3.63, 3.8) is 0 Å². The average Bonchev–Trinajstić information content (AvgIpc) is 2.90. The standard InChI is InChI=1S/C21H27N3/c1-4-5-6-7-11-24-20-13-16(3)15(2)12-19(20)23-21(24)17-9-8-10-18(22)14-17/h8-10,12-14H,4-7,11,22H2,1-3H3. The zero-order valence-electron chi connectivity index (χ0n) is 15.0. The van der Waals surface area contributed by atoms with Crippen molar-refractivity contribution in [2.45, 2.75) is 53.0 Å². The number of nitrogen functional groups attached to an aromatic ring is 1. The van der Waals surface area contributed by atoms with Crippen LogP contribution in [0, 0.1) is 13.8 Å². The van der Waals surface area contributed by atoms with Crippen LogP contribution in [-0.2, 0) is 6.54 Å². The van der Waals surface area contributed by atoms with Crippen LogP contribution in [0.15, 0.2) is 36.4 Å². The summed E-state index contributed by atoms with van der Waals surface area (Å²) >= 11 is 0. The molecule has 3 heteroatoms. The molecule has 126 valence electrons. The van der Waals surface area contributed by atoms with Gasteiger partial charge in [0.25, 0.3) is 0 Å². The van der Waals surface area contributed by atoms with Gasteiger partial charge in [-0.25, -0.2) is 4.98 Å². The summed E-state index contributed by atoms with van der Waals surface area (Å²) in [5, 5.41) is 0. The Kier molecular flexibility index (Phi) is 4.89. The summed E-state index contributed by atoms with van der Waals surface area (Å²) in [6.07, 6.45) is 4.99. The highest BCUT2D eigenvalue weighted by molar-refractivity contribution is 5.82. The van der Waals surface area contributed by atoms with E-state index in [1.807, 2.05) is 18.2 Å². The molecule has 2 N–H and O–H groups in total. The number of aryl methyl sites for hydroxylation is 3. The predicted octanol–water partition coefficient (Wildman–Crippen LogP) is 5.48. The summed E-state index contributed by atoms with van der Waals surface area (Å²) in [6, 6.07) is 12.5. The first kappa shape index (κ1) is 16.6. The van der Waals surface area contributed by atoms with Crippen molar-refractivity contribution in [3.05, 3.63) is 47.5 Å². The number of rotatable bonds is 6. The van der Waals surface area contributed by atoms with E-state index in [1.54, 1.807) is 0 Å². The molecule has 0 amide bonds. The summed E-state index contributed by atoms with van der Waals surface area (Å²) in [7, 11) is 0. The van der Waals surface area contributed by atoms with E-state index in [0.717, 1.165) is 29.1 Å². The molecule has 1 aromatic heterocycles. The summed E-state index contributed by atoms with van der Waals surface area (Å²) < 4.78 is 2.37. The normalized spacial score (nSPS) is 11.3. The van der Waals surface area contributed by atoms with Crippen LogP contribution < -0.4 is 5.73 Å². The molecule has 0 radical (unpaired) electrons. The van der Waals surface area contributed by atoms with Crippen LogP contribution in [0.2, 0.25) is 0 Å². The number of fused-ring (bicyclic) bond motifs is 1. The highest BCUT2D eigenvalue weighted by Crippen LogP contribution is 2.28. The molecule has 0 aliphatic rings. The number of hydrogen-bond acceptors (Lipinski definition) is 2. The number of nitrogens with zero attached hydrogens (tertiary/aromatic N) is 2. The third-order valence-electron chi connectivity index (χ3n) is 4.74. The van der Waals surface area contributed by atoms with Gasteiger partial charge in [-0.1, -0.05) is 38.3 Å². The van der Waals surface area contributed by atoms with Crippen LogP contribution >= 0.6 is 0 Å². The molecule has 0 bridgehead atoms. The summed E-state index contributed by atoms with van der Waals surface area (Å²) in [5.41, 5.74) is 12.8. The maximum Gasteiger partial charge on any atom is 0.141 e. The van der Waals surface area contributed by atoms with E-state index in [9.17, 15) is 0 Å². The molecule has 0 aliphatic carbocycles. The quantitative estimate of drug-likeness (QED) is 0.482. The van der Waals surface area contributed by atoms with Crippen LogP contribution in [-0.4, -0.2) is 9.55 Å². The van der Waals surface area contributed by atoms with E-state index in [1.165, 1.54) is 42.3 Å². The predicted molar refractivity (Wildman–Crippen MR) is 103 cm³/mol. The Morgan fingerprint density at radius 2 is 1.79 bits per heavy atom. The lowest BCUT2D eigenvalue weighted by Crippen LogP contribution is -2.01. The maximum atomic E-state index is 5.99. The number of imidazole rings is 1. The lowest BCUT2D eigenvalue weighted by molar-refractivity contribution is 0.594. The first-order valence-electron chi connectivity index (χ1n) is 8.93. The summed E-state index contributed by atoms with van der Waals surface area (Å²) in [4.78, 5) is 4.93. The molecular formula is C21H27N3. The number of aromatic nitrogens is 2. The van der Waals surface area contributed by atoms with Crippen molar-refractivity contribution in [1.29, 1.82) is 0 Å². The molecule has 0 atom stereocenters. The molecular weight excluding hydrogens is 294 g/mol. The molecule has 0 saturated carbocycles. The minimum absolute atomic E-state index is 0.782. The topological polar surface area (TPSA) is 43.8 Å². The minimum Gasteiger partial charge on any atom is -0.399 e. The maximum absolute atomic E-state index is 5.99. The third-order valence-corrected chi connectivity index (χ3v) is 4.74. The second-order valence-corrected chi connectivity index (χ2v) is 6.70. The average molecular weight is 321 g/mol. The van der Waals surface area contributed by atoms with Crippen molar-refractivity contribution < 1.29 is 0 Å². The largest absolute Gasteiger partial charge is 0.399 e. The van der Waals surface area contributed by atoms with Gasteiger partial charge in [0.2, 0.25) is 0 Å². The highest BCUT2D eigenvalue weighted by Gasteiger charge is 2.13. The zero-order chi connectivity index (χ0) is 17.1. The minimum atomic E-state index is 0.782. The third kappa shape index (κ3) is 3.30. The van der Waals surface area contributed by atoms with Crippen LogP contribution in [0.1, 0.15) is 43.7 Å². The Bertz CT molecular complexity index is 846. The van der Waals surface area contributed by atoms with Crippen molar-refractivity contribution in [3.8, 4) is 11.4 Å². The Morgan fingerprint density at radius 1 is 1.00 bits per heavy atom. The lowest BCUT2D eigenvalue weighted by atomic mass is 10.1. The van der Waals surface area contributed by atoms with Gasteiger partial charge in [0, 0.05) is 17.8 Å². The second-order valence-electron chi connectivity index (χ2n) is 6.70. The van der Waals surface area contributed by atoms with Gasteiger partial charge < -0.3 is 10.3 Å². The Balaban J connectivity index is 2.08. The van der Waals surface area contributed by atoms with E-state index in [0.29, 0.717) is 0 Å². The van der Waals surface area contributed by atoms with Crippen molar-refractivity contribution >= 4 is 16.7 Å². The van der Waals surface area contributed by atoms with Gasteiger partial charge in [0.1, 0.15) is 5.82 Å². The first-order chi connectivity index (χ1) is 11.6. The zero-order valence-corrected chi connectivity index (χ0v) is 15.0. The molecule has 1 heterocycles. The van der Waals surface area contributed by atoms with Gasteiger partial charge in [0.15, 0.2) is 0 Å². The van der Waals surface area contributed by atoms with Gasteiger partial charge in [-0.05, 0) is 55.7 Å². The first-order valence-corrected chi connectivity index (χ1v) is 8.93. The Labute approximate surface area is 144 Å². The van der Waals surface area contributed by atoms with Crippen molar-refractivity contribution in [2.75, 3.05) is 5.73 Å². The van der Waals surface area contributed by atoms with E-state index >= 15 is 0 Å². The number of benzene rings is 2. The molecule has 0 unspecified atom stereocenters. The molecule has 3 rings (SSSR count). The van der Waals surface area contributed by atoms with Crippen LogP contribution in [0.4, 0.5) is 5.69 Å². The summed E-state index contributed by atoms with van der Waals surface area (Å²) in [5.74, 6) is 1.03. The van der Waals surface area contributed by atoms with Crippen LogP contribution in [0.25, 0.3) is 22.4 Å². The number of nitrogens with two attached hydrogens (primary N) is 1. The van der Waals surface area contributed by atoms with Crippen LogP contribution in [0.5, 0.6) is 0 Å². The fourth-order valence-electron chi connectivity index (χ4n) is 3.20. The molecule has 0 aliphatic heterocycles. The van der Waals surface area contributed by atoms with E-state index in [-0.39, 0.29) is 0 Å².